The van der Waals surface area contributed by atoms with Crippen LogP contribution < -0.4 is 10.1 Å². The Morgan fingerprint density at radius 1 is 0.875 bits per heavy atom. The van der Waals surface area contributed by atoms with Crippen LogP contribution in [0.25, 0.3) is 0 Å². The average Bonchev–Trinajstić information content (AvgIpc) is 2.51. The van der Waals surface area contributed by atoms with Crippen LogP contribution in [0.4, 0.5) is 5.69 Å². The van der Waals surface area contributed by atoms with E-state index in [-0.39, 0.29) is 10.8 Å². The summed E-state index contributed by atoms with van der Waals surface area (Å²) in [6, 6.07) is 15.0. The molecule has 0 amide bonds. The zero-order chi connectivity index (χ0) is 18.0. The van der Waals surface area contributed by atoms with Gasteiger partial charge in [-0.15, -0.1) is 0 Å². The third-order valence-electron chi connectivity index (χ3n) is 4.35. The van der Waals surface area contributed by atoms with Crippen LogP contribution in [-0.4, -0.2) is 7.11 Å². The van der Waals surface area contributed by atoms with Crippen molar-refractivity contribution in [3.05, 3.63) is 59.2 Å². The fourth-order valence-corrected chi connectivity index (χ4v) is 2.86. The van der Waals surface area contributed by atoms with E-state index >= 15 is 0 Å². The zero-order valence-electron chi connectivity index (χ0n) is 16.2. The van der Waals surface area contributed by atoms with Gasteiger partial charge >= 0.3 is 0 Å². The number of rotatable bonds is 4. The Morgan fingerprint density at radius 3 is 2.12 bits per heavy atom. The first-order chi connectivity index (χ1) is 11.1. The molecule has 0 atom stereocenters. The number of hydrogen-bond acceptors (Lipinski definition) is 2. The van der Waals surface area contributed by atoms with Gasteiger partial charge in [-0.3, -0.25) is 0 Å². The summed E-state index contributed by atoms with van der Waals surface area (Å²) in [5.41, 5.74) is 5.27. The summed E-state index contributed by atoms with van der Waals surface area (Å²) in [5.74, 6) is 0.934. The Morgan fingerprint density at radius 2 is 1.54 bits per heavy atom. The lowest BCUT2D eigenvalue weighted by molar-refractivity contribution is 0.409. The van der Waals surface area contributed by atoms with E-state index in [9.17, 15) is 0 Å². The zero-order valence-corrected chi connectivity index (χ0v) is 16.2. The van der Waals surface area contributed by atoms with Gasteiger partial charge in [0.1, 0.15) is 5.75 Å². The van der Waals surface area contributed by atoms with Crippen molar-refractivity contribution in [2.75, 3.05) is 12.4 Å². The predicted molar refractivity (Wildman–Crippen MR) is 104 cm³/mol. The molecule has 0 radical (unpaired) electrons. The van der Waals surface area contributed by atoms with E-state index in [1.807, 2.05) is 0 Å². The lowest BCUT2D eigenvalue weighted by Crippen LogP contribution is -2.15. The lowest BCUT2D eigenvalue weighted by Gasteiger charge is -2.24. The predicted octanol–water partition coefficient (Wildman–Crippen LogP) is 5.90. The van der Waals surface area contributed by atoms with Crippen LogP contribution in [-0.2, 0) is 17.4 Å². The maximum atomic E-state index is 5.56. The second-order valence-electron chi connectivity index (χ2n) is 8.43. The van der Waals surface area contributed by atoms with Crippen molar-refractivity contribution >= 4 is 5.69 Å². The van der Waals surface area contributed by atoms with Gasteiger partial charge in [0.2, 0.25) is 0 Å². The number of para-hydroxylation sites is 1. The summed E-state index contributed by atoms with van der Waals surface area (Å²) in [4.78, 5) is 0. The second kappa shape index (κ2) is 6.88. The third-order valence-corrected chi connectivity index (χ3v) is 4.35. The van der Waals surface area contributed by atoms with Gasteiger partial charge < -0.3 is 10.1 Å². The molecule has 2 nitrogen and oxygen atoms in total. The second-order valence-corrected chi connectivity index (χ2v) is 8.43. The van der Waals surface area contributed by atoms with E-state index in [4.69, 9.17) is 4.74 Å². The molecule has 2 heteroatoms. The lowest BCUT2D eigenvalue weighted by atomic mass is 9.85. The summed E-state index contributed by atoms with van der Waals surface area (Å²) < 4.78 is 5.56. The molecule has 0 bridgehead atoms. The van der Waals surface area contributed by atoms with E-state index in [0.717, 1.165) is 12.3 Å². The monoisotopic (exact) mass is 325 g/mol. The van der Waals surface area contributed by atoms with Gasteiger partial charge in [-0.1, -0.05) is 65.8 Å². The minimum atomic E-state index is 0.112. The first-order valence-electron chi connectivity index (χ1n) is 8.63. The topological polar surface area (TPSA) is 21.3 Å². The van der Waals surface area contributed by atoms with Gasteiger partial charge in [-0.25, -0.2) is 0 Å². The van der Waals surface area contributed by atoms with Crippen LogP contribution in [0.1, 0.15) is 58.2 Å². The molecular formula is C22H31NO. The first kappa shape index (κ1) is 18.4. The molecule has 0 unspecified atom stereocenters. The number of hydrogen-bond donors (Lipinski definition) is 1. The van der Waals surface area contributed by atoms with E-state index in [1.165, 1.54) is 22.4 Å². The number of anilines is 1. The highest BCUT2D eigenvalue weighted by atomic mass is 16.5. The van der Waals surface area contributed by atoms with Crippen LogP contribution in [0.3, 0.4) is 0 Å². The van der Waals surface area contributed by atoms with Crippen molar-refractivity contribution in [1.82, 2.24) is 0 Å². The number of methoxy groups -OCH3 is 1. The molecule has 0 aliphatic carbocycles. The third kappa shape index (κ3) is 4.31. The molecule has 0 fully saturated rings. The number of nitrogens with one attached hydrogen (secondary N) is 1. The summed E-state index contributed by atoms with van der Waals surface area (Å²) in [6.07, 6.45) is 0. The molecule has 0 spiro atoms. The summed E-state index contributed by atoms with van der Waals surface area (Å²) in [7, 11) is 1.73. The molecule has 1 N–H and O–H groups in total. The Labute approximate surface area is 147 Å². The largest absolute Gasteiger partial charge is 0.496 e. The summed E-state index contributed by atoms with van der Waals surface area (Å²) >= 11 is 0. The van der Waals surface area contributed by atoms with Crippen molar-refractivity contribution in [3.63, 3.8) is 0 Å². The highest BCUT2D eigenvalue weighted by molar-refractivity contribution is 5.55. The van der Waals surface area contributed by atoms with Gasteiger partial charge in [-0.2, -0.15) is 0 Å². The van der Waals surface area contributed by atoms with Gasteiger partial charge in [0, 0.05) is 17.8 Å². The van der Waals surface area contributed by atoms with E-state index in [2.05, 4.69) is 89.3 Å². The van der Waals surface area contributed by atoms with Crippen molar-refractivity contribution in [2.45, 2.75) is 58.9 Å². The standard InChI is InChI=1S/C22H31NO/c1-21(2,3)17-12-13-20(24-7)16(14-17)15-23-19-11-9-8-10-18(19)22(4,5)6/h8-14,23H,15H2,1-7H3. The molecule has 130 valence electrons. The van der Waals surface area contributed by atoms with Gasteiger partial charge in [0.25, 0.3) is 0 Å². The molecule has 2 aromatic carbocycles. The van der Waals surface area contributed by atoms with Crippen molar-refractivity contribution in [1.29, 1.82) is 0 Å². The van der Waals surface area contributed by atoms with Crippen LogP contribution in [0.2, 0.25) is 0 Å². The summed E-state index contributed by atoms with van der Waals surface area (Å²) in [6.45, 7) is 14.2. The normalized spacial score (nSPS) is 12.1. The average molecular weight is 325 g/mol. The number of benzene rings is 2. The highest BCUT2D eigenvalue weighted by Gasteiger charge is 2.18. The van der Waals surface area contributed by atoms with Crippen LogP contribution >= 0.6 is 0 Å². The fraction of sp³-hybridized carbons (Fsp3) is 0.455. The minimum absolute atomic E-state index is 0.112. The Bertz CT molecular complexity index is 690. The maximum Gasteiger partial charge on any atom is 0.123 e. The molecule has 0 saturated carbocycles. The Balaban J connectivity index is 2.30. The molecule has 2 aromatic rings. The van der Waals surface area contributed by atoms with Crippen molar-refractivity contribution in [2.24, 2.45) is 0 Å². The molecule has 0 aliphatic rings. The van der Waals surface area contributed by atoms with E-state index in [1.54, 1.807) is 7.11 Å². The Hall–Kier alpha value is -1.96. The number of ether oxygens (including phenoxy) is 1. The smallest absolute Gasteiger partial charge is 0.123 e. The first-order valence-corrected chi connectivity index (χ1v) is 8.63. The van der Waals surface area contributed by atoms with Gasteiger partial charge in [-0.05, 0) is 40.2 Å². The van der Waals surface area contributed by atoms with Crippen molar-refractivity contribution in [3.8, 4) is 5.75 Å². The molecule has 0 saturated heterocycles. The van der Waals surface area contributed by atoms with Gasteiger partial charge in [0.15, 0.2) is 0 Å². The quantitative estimate of drug-likeness (QED) is 0.755. The molecule has 2 rings (SSSR count). The molecular weight excluding hydrogens is 294 g/mol. The molecule has 0 heterocycles. The molecule has 0 aromatic heterocycles. The molecule has 24 heavy (non-hydrogen) atoms. The van der Waals surface area contributed by atoms with Crippen LogP contribution in [0, 0.1) is 0 Å². The summed E-state index contributed by atoms with van der Waals surface area (Å²) in [5, 5.41) is 3.61. The van der Waals surface area contributed by atoms with Crippen molar-refractivity contribution < 1.29 is 4.74 Å². The fourth-order valence-electron chi connectivity index (χ4n) is 2.86. The molecule has 0 aliphatic heterocycles. The van der Waals surface area contributed by atoms with Crippen LogP contribution in [0.5, 0.6) is 5.75 Å². The Kier molecular flexibility index (Phi) is 5.27. The van der Waals surface area contributed by atoms with Gasteiger partial charge in [0.05, 0.1) is 7.11 Å². The SMILES string of the molecule is COc1ccc(C(C)(C)C)cc1CNc1ccccc1C(C)(C)C. The maximum absolute atomic E-state index is 5.56. The minimum Gasteiger partial charge on any atom is -0.496 e. The van der Waals surface area contributed by atoms with Crippen LogP contribution in [0.15, 0.2) is 42.5 Å². The highest BCUT2D eigenvalue weighted by Crippen LogP contribution is 2.31. The van der Waals surface area contributed by atoms with E-state index in [0.29, 0.717) is 0 Å². The van der Waals surface area contributed by atoms with E-state index < -0.39 is 0 Å².